The molecule has 1 aliphatic rings. The van der Waals surface area contributed by atoms with Crippen molar-refractivity contribution in [2.45, 2.75) is 33.2 Å². The van der Waals surface area contributed by atoms with Crippen LogP contribution in [0.1, 0.15) is 27.7 Å². The third-order valence-corrected chi connectivity index (χ3v) is 2.71. The summed E-state index contributed by atoms with van der Waals surface area (Å²) in [5, 5.41) is 0. The molecule has 2 N–H and O–H groups in total. The number of nitrogens with two attached hydrogens (primary N) is 1. The molecule has 0 saturated heterocycles. The van der Waals surface area contributed by atoms with Crippen LogP contribution in [-0.4, -0.2) is 11.8 Å². The van der Waals surface area contributed by atoms with Crippen LogP contribution in [-0.2, 0) is 0 Å². The lowest BCUT2D eigenvalue weighted by Crippen LogP contribution is -2.21. The number of allylic oxidation sites excluding steroid dienone is 1. The fourth-order valence-electron chi connectivity index (χ4n) is 1.37. The van der Waals surface area contributed by atoms with Crippen LogP contribution in [0.2, 0.25) is 0 Å². The van der Waals surface area contributed by atoms with Gasteiger partial charge in [-0.1, -0.05) is 12.5 Å². The van der Waals surface area contributed by atoms with Gasteiger partial charge in [0, 0.05) is 23.9 Å². The highest BCUT2D eigenvalue weighted by Gasteiger charge is 2.54. The molecule has 0 radical (unpaired) electrons. The molecule has 0 aromatic carbocycles. The molecule has 0 aliphatic heterocycles. The predicted molar refractivity (Wildman–Crippen MR) is 53.2 cm³/mol. The van der Waals surface area contributed by atoms with Gasteiger partial charge in [0.15, 0.2) is 0 Å². The van der Waals surface area contributed by atoms with Gasteiger partial charge in [0.1, 0.15) is 0 Å². The van der Waals surface area contributed by atoms with Gasteiger partial charge in [-0.25, -0.2) is 0 Å². The van der Waals surface area contributed by atoms with E-state index in [0.29, 0.717) is 11.8 Å². The van der Waals surface area contributed by atoms with Gasteiger partial charge >= 0.3 is 0 Å². The lowest BCUT2D eigenvalue weighted by Gasteiger charge is -1.96. The minimum absolute atomic E-state index is 0.0149. The van der Waals surface area contributed by atoms with Gasteiger partial charge in [-0.2, -0.15) is 0 Å². The molecule has 0 amide bonds. The third-order valence-electron chi connectivity index (χ3n) is 2.71. The maximum absolute atomic E-state index is 5.96. The lowest BCUT2D eigenvalue weighted by molar-refractivity contribution is 0.680. The number of aliphatic imine (C=N–C) groups is 1. The van der Waals surface area contributed by atoms with E-state index in [-0.39, 0.29) is 5.54 Å². The fourth-order valence-corrected chi connectivity index (χ4v) is 1.37. The van der Waals surface area contributed by atoms with Crippen LogP contribution < -0.4 is 5.73 Å². The van der Waals surface area contributed by atoms with Crippen molar-refractivity contribution in [2.24, 2.45) is 22.6 Å². The second-order valence-electron chi connectivity index (χ2n) is 4.19. The van der Waals surface area contributed by atoms with Gasteiger partial charge in [-0.05, 0) is 26.7 Å². The van der Waals surface area contributed by atoms with Crippen molar-refractivity contribution in [3.05, 3.63) is 11.8 Å². The number of nitrogens with zero attached hydrogens (tertiary/aromatic N) is 1. The summed E-state index contributed by atoms with van der Waals surface area (Å²) in [6.07, 6.45) is 3.85. The molecule has 68 valence electrons. The molecular formula is C10H18N2. The zero-order valence-electron chi connectivity index (χ0n) is 8.33. The molecule has 2 nitrogen and oxygen atoms in total. The van der Waals surface area contributed by atoms with Crippen molar-refractivity contribution in [1.82, 2.24) is 0 Å². The van der Waals surface area contributed by atoms with Crippen molar-refractivity contribution >= 4 is 6.21 Å². The minimum Gasteiger partial charge on any atom is -0.324 e. The molecule has 1 fully saturated rings. The monoisotopic (exact) mass is 166 g/mol. The molecule has 2 heteroatoms. The second kappa shape index (κ2) is 3.02. The van der Waals surface area contributed by atoms with Gasteiger partial charge in [0.05, 0.1) is 0 Å². The maximum Gasteiger partial charge on any atom is 0.0250 e. The fraction of sp³-hybridized carbons (Fsp3) is 0.700. The van der Waals surface area contributed by atoms with Crippen LogP contribution in [0.3, 0.4) is 0 Å². The number of rotatable bonds is 2. The van der Waals surface area contributed by atoms with Crippen LogP contribution in [0, 0.1) is 11.8 Å². The summed E-state index contributed by atoms with van der Waals surface area (Å²) < 4.78 is 0. The van der Waals surface area contributed by atoms with Crippen molar-refractivity contribution < 1.29 is 0 Å². The first kappa shape index (κ1) is 9.46. The smallest absolute Gasteiger partial charge is 0.0250 e. The molecular weight excluding hydrogens is 148 g/mol. The van der Waals surface area contributed by atoms with E-state index < -0.39 is 0 Å². The summed E-state index contributed by atoms with van der Waals surface area (Å²) in [7, 11) is 0. The topological polar surface area (TPSA) is 38.4 Å². The highest BCUT2D eigenvalue weighted by atomic mass is 14.9. The van der Waals surface area contributed by atoms with Gasteiger partial charge < -0.3 is 5.73 Å². The molecule has 0 spiro atoms. The molecule has 1 saturated carbocycles. The Balaban J connectivity index is 2.46. The van der Waals surface area contributed by atoms with Crippen LogP contribution in [0.25, 0.3) is 0 Å². The van der Waals surface area contributed by atoms with Crippen LogP contribution in [0.15, 0.2) is 16.8 Å². The van der Waals surface area contributed by atoms with E-state index in [2.05, 4.69) is 18.8 Å². The zero-order chi connectivity index (χ0) is 9.35. The summed E-state index contributed by atoms with van der Waals surface area (Å²) in [6.45, 7) is 8.32. The van der Waals surface area contributed by atoms with Gasteiger partial charge in [-0.3, -0.25) is 4.99 Å². The van der Waals surface area contributed by atoms with Crippen molar-refractivity contribution in [3.8, 4) is 0 Å². The first-order chi connectivity index (χ1) is 5.46. The molecule has 1 rings (SSSR count). The van der Waals surface area contributed by atoms with E-state index in [1.807, 2.05) is 26.3 Å². The van der Waals surface area contributed by atoms with Gasteiger partial charge in [0.2, 0.25) is 0 Å². The summed E-state index contributed by atoms with van der Waals surface area (Å²) in [4.78, 5) is 4.21. The SMILES string of the molecule is CC(C)=CN=CC1C(C)C1(C)N. The largest absolute Gasteiger partial charge is 0.324 e. The van der Waals surface area contributed by atoms with Gasteiger partial charge in [-0.15, -0.1) is 0 Å². The highest BCUT2D eigenvalue weighted by Crippen LogP contribution is 2.46. The molecule has 0 aromatic rings. The normalized spacial score (nSPS) is 40.1. The lowest BCUT2D eigenvalue weighted by atomic mass is 10.2. The highest BCUT2D eigenvalue weighted by molar-refractivity contribution is 5.69. The third kappa shape index (κ3) is 1.75. The van der Waals surface area contributed by atoms with Crippen molar-refractivity contribution in [2.75, 3.05) is 0 Å². The molecule has 0 heterocycles. The Labute approximate surface area is 74.6 Å². The van der Waals surface area contributed by atoms with E-state index in [1.54, 1.807) is 0 Å². The standard InChI is InChI=1S/C10H18N2/c1-7(2)5-12-6-9-8(3)10(9,4)11/h5-6,8-9H,11H2,1-4H3. The van der Waals surface area contributed by atoms with E-state index in [1.165, 1.54) is 5.57 Å². The first-order valence-electron chi connectivity index (χ1n) is 4.42. The summed E-state index contributed by atoms with van der Waals surface area (Å²) in [5.41, 5.74) is 7.16. The number of hydrogen-bond acceptors (Lipinski definition) is 2. The molecule has 3 unspecified atom stereocenters. The average Bonchev–Trinajstić information content (AvgIpc) is 2.37. The van der Waals surface area contributed by atoms with E-state index in [9.17, 15) is 0 Å². The predicted octanol–water partition coefficient (Wildman–Crippen LogP) is 1.96. The van der Waals surface area contributed by atoms with Crippen LogP contribution in [0.5, 0.6) is 0 Å². The Kier molecular flexibility index (Phi) is 2.38. The van der Waals surface area contributed by atoms with E-state index in [0.717, 1.165) is 0 Å². The van der Waals surface area contributed by atoms with Gasteiger partial charge in [0.25, 0.3) is 0 Å². The molecule has 1 aliphatic carbocycles. The van der Waals surface area contributed by atoms with E-state index >= 15 is 0 Å². The Bertz CT molecular complexity index is 222. The summed E-state index contributed by atoms with van der Waals surface area (Å²) >= 11 is 0. The number of hydrogen-bond donors (Lipinski definition) is 1. The summed E-state index contributed by atoms with van der Waals surface area (Å²) in [6, 6.07) is 0. The minimum atomic E-state index is -0.0149. The molecule has 0 bridgehead atoms. The molecule has 3 atom stereocenters. The Morgan fingerprint density at radius 3 is 2.33 bits per heavy atom. The second-order valence-corrected chi connectivity index (χ2v) is 4.19. The summed E-state index contributed by atoms with van der Waals surface area (Å²) in [5.74, 6) is 1.04. The first-order valence-corrected chi connectivity index (χ1v) is 4.42. The average molecular weight is 166 g/mol. The van der Waals surface area contributed by atoms with Crippen LogP contribution >= 0.6 is 0 Å². The Morgan fingerprint density at radius 2 is 2.00 bits per heavy atom. The quantitative estimate of drug-likeness (QED) is 0.626. The van der Waals surface area contributed by atoms with Crippen molar-refractivity contribution in [1.29, 1.82) is 0 Å². The molecule has 0 aromatic heterocycles. The maximum atomic E-state index is 5.96. The zero-order valence-corrected chi connectivity index (χ0v) is 8.33. The van der Waals surface area contributed by atoms with Crippen molar-refractivity contribution in [3.63, 3.8) is 0 Å². The molecule has 12 heavy (non-hydrogen) atoms. The van der Waals surface area contributed by atoms with Crippen LogP contribution in [0.4, 0.5) is 0 Å². The Hall–Kier alpha value is -0.630. The Morgan fingerprint density at radius 1 is 1.50 bits per heavy atom. The van der Waals surface area contributed by atoms with E-state index in [4.69, 9.17) is 5.73 Å².